The quantitative estimate of drug-likeness (QED) is 0.837. The van der Waals surface area contributed by atoms with Gasteiger partial charge in [0.05, 0.1) is 12.7 Å². The second-order valence-corrected chi connectivity index (χ2v) is 5.03. The number of carbonyl (C=O) groups is 1. The number of hydrogen-bond acceptors (Lipinski definition) is 3. The molecular weight excluding hydrogens is 230 g/mol. The highest BCUT2D eigenvalue weighted by Crippen LogP contribution is 2.27. The number of aliphatic hydroxyl groups excluding tert-OH is 2. The van der Waals surface area contributed by atoms with Crippen molar-refractivity contribution >= 4 is 5.91 Å². The summed E-state index contributed by atoms with van der Waals surface area (Å²) in [5.74, 6) is 0.409. The zero-order chi connectivity index (χ0) is 13.1. The van der Waals surface area contributed by atoms with Gasteiger partial charge in [-0.15, -0.1) is 0 Å². The van der Waals surface area contributed by atoms with Crippen molar-refractivity contribution in [2.75, 3.05) is 13.6 Å². The van der Waals surface area contributed by atoms with Crippen LogP contribution in [0.25, 0.3) is 0 Å². The summed E-state index contributed by atoms with van der Waals surface area (Å²) in [7, 11) is 1.78. The standard InChI is InChI=1S/C14H19NO3/c1-15(8-11-6-13(17)7-11)14(18)12-4-2-10(9-16)3-5-12/h2-5,11,13,16-17H,6-9H2,1H3. The van der Waals surface area contributed by atoms with Crippen molar-refractivity contribution in [3.8, 4) is 0 Å². The summed E-state index contributed by atoms with van der Waals surface area (Å²) in [6.07, 6.45) is 1.41. The summed E-state index contributed by atoms with van der Waals surface area (Å²) < 4.78 is 0. The molecule has 0 saturated heterocycles. The number of benzene rings is 1. The Morgan fingerprint density at radius 1 is 1.33 bits per heavy atom. The third-order valence-corrected chi connectivity index (χ3v) is 3.47. The largest absolute Gasteiger partial charge is 0.393 e. The first-order valence-electron chi connectivity index (χ1n) is 6.23. The molecule has 0 atom stereocenters. The van der Waals surface area contributed by atoms with Crippen LogP contribution in [0.3, 0.4) is 0 Å². The van der Waals surface area contributed by atoms with Crippen LogP contribution >= 0.6 is 0 Å². The van der Waals surface area contributed by atoms with Gasteiger partial charge in [-0.05, 0) is 36.5 Å². The molecule has 98 valence electrons. The maximum atomic E-state index is 12.1. The fourth-order valence-electron chi connectivity index (χ4n) is 2.29. The van der Waals surface area contributed by atoms with Crippen LogP contribution in [0, 0.1) is 5.92 Å². The van der Waals surface area contributed by atoms with E-state index in [1.165, 1.54) is 0 Å². The molecule has 4 nitrogen and oxygen atoms in total. The molecule has 0 aromatic heterocycles. The summed E-state index contributed by atoms with van der Waals surface area (Å²) >= 11 is 0. The van der Waals surface area contributed by atoms with Crippen molar-refractivity contribution in [3.63, 3.8) is 0 Å². The Labute approximate surface area is 107 Å². The van der Waals surface area contributed by atoms with Gasteiger partial charge in [0.15, 0.2) is 0 Å². The Bertz CT molecular complexity index is 410. The van der Waals surface area contributed by atoms with E-state index >= 15 is 0 Å². The van der Waals surface area contributed by atoms with Gasteiger partial charge in [0.25, 0.3) is 5.91 Å². The molecule has 0 aliphatic heterocycles. The summed E-state index contributed by atoms with van der Waals surface area (Å²) in [5, 5.41) is 18.2. The number of nitrogens with zero attached hydrogens (tertiary/aromatic N) is 1. The maximum Gasteiger partial charge on any atom is 0.253 e. The van der Waals surface area contributed by atoms with Crippen molar-refractivity contribution < 1.29 is 15.0 Å². The van der Waals surface area contributed by atoms with E-state index in [1.54, 1.807) is 36.2 Å². The first kappa shape index (κ1) is 13.1. The number of hydrogen-bond donors (Lipinski definition) is 2. The highest BCUT2D eigenvalue weighted by atomic mass is 16.3. The lowest BCUT2D eigenvalue weighted by Crippen LogP contribution is -2.39. The summed E-state index contributed by atoms with van der Waals surface area (Å²) in [6, 6.07) is 6.99. The van der Waals surface area contributed by atoms with E-state index in [-0.39, 0.29) is 18.6 Å². The Kier molecular flexibility index (Phi) is 3.99. The number of carbonyl (C=O) groups excluding carboxylic acids is 1. The van der Waals surface area contributed by atoms with Crippen LogP contribution in [0.5, 0.6) is 0 Å². The second-order valence-electron chi connectivity index (χ2n) is 5.03. The zero-order valence-electron chi connectivity index (χ0n) is 10.5. The van der Waals surface area contributed by atoms with Crippen LogP contribution in [0.4, 0.5) is 0 Å². The smallest absolute Gasteiger partial charge is 0.253 e. The van der Waals surface area contributed by atoms with Gasteiger partial charge in [0.1, 0.15) is 0 Å². The van der Waals surface area contributed by atoms with Gasteiger partial charge in [-0.3, -0.25) is 4.79 Å². The van der Waals surface area contributed by atoms with Gasteiger partial charge < -0.3 is 15.1 Å². The van der Waals surface area contributed by atoms with Crippen molar-refractivity contribution in [1.29, 1.82) is 0 Å². The van der Waals surface area contributed by atoms with E-state index in [2.05, 4.69) is 0 Å². The summed E-state index contributed by atoms with van der Waals surface area (Å²) in [4.78, 5) is 13.8. The molecule has 1 saturated carbocycles. The van der Waals surface area contributed by atoms with Crippen molar-refractivity contribution in [2.45, 2.75) is 25.6 Å². The van der Waals surface area contributed by atoms with Crippen LogP contribution < -0.4 is 0 Å². The number of rotatable bonds is 4. The minimum Gasteiger partial charge on any atom is -0.393 e. The molecule has 2 N–H and O–H groups in total. The van der Waals surface area contributed by atoms with E-state index in [0.717, 1.165) is 18.4 Å². The molecule has 0 radical (unpaired) electrons. The van der Waals surface area contributed by atoms with Gasteiger partial charge in [-0.1, -0.05) is 12.1 Å². The molecule has 0 heterocycles. The summed E-state index contributed by atoms with van der Waals surface area (Å²) in [6.45, 7) is 0.682. The molecule has 0 spiro atoms. The minimum atomic E-state index is -0.178. The Morgan fingerprint density at radius 2 is 1.94 bits per heavy atom. The molecule has 4 heteroatoms. The average molecular weight is 249 g/mol. The van der Waals surface area contributed by atoms with Crippen LogP contribution in [0.15, 0.2) is 24.3 Å². The van der Waals surface area contributed by atoms with Crippen LogP contribution in [0.2, 0.25) is 0 Å². The Balaban J connectivity index is 1.92. The number of aliphatic hydroxyl groups is 2. The molecule has 1 aromatic rings. The van der Waals surface area contributed by atoms with Gasteiger partial charge in [0, 0.05) is 19.2 Å². The first-order chi connectivity index (χ1) is 8.60. The third-order valence-electron chi connectivity index (χ3n) is 3.47. The van der Waals surface area contributed by atoms with E-state index in [1.807, 2.05) is 0 Å². The van der Waals surface area contributed by atoms with E-state index in [9.17, 15) is 9.90 Å². The van der Waals surface area contributed by atoms with E-state index < -0.39 is 0 Å². The van der Waals surface area contributed by atoms with Crippen molar-refractivity contribution in [2.24, 2.45) is 5.92 Å². The molecule has 1 fully saturated rings. The molecule has 1 amide bonds. The van der Waals surface area contributed by atoms with E-state index in [4.69, 9.17) is 5.11 Å². The van der Waals surface area contributed by atoms with E-state index in [0.29, 0.717) is 18.0 Å². The van der Waals surface area contributed by atoms with Crippen molar-refractivity contribution in [1.82, 2.24) is 4.90 Å². The molecular formula is C14H19NO3. The Hall–Kier alpha value is -1.39. The number of amides is 1. The van der Waals surface area contributed by atoms with Gasteiger partial charge in [-0.25, -0.2) is 0 Å². The minimum absolute atomic E-state index is 0.00965. The highest BCUT2D eigenvalue weighted by Gasteiger charge is 2.29. The van der Waals surface area contributed by atoms with Gasteiger partial charge in [0.2, 0.25) is 0 Å². The first-order valence-corrected chi connectivity index (χ1v) is 6.23. The fraction of sp³-hybridized carbons (Fsp3) is 0.500. The van der Waals surface area contributed by atoms with Crippen LogP contribution in [-0.2, 0) is 6.61 Å². The van der Waals surface area contributed by atoms with Crippen molar-refractivity contribution in [3.05, 3.63) is 35.4 Å². The van der Waals surface area contributed by atoms with Crippen LogP contribution in [0.1, 0.15) is 28.8 Å². The average Bonchev–Trinajstić information content (AvgIpc) is 2.36. The topological polar surface area (TPSA) is 60.8 Å². The molecule has 18 heavy (non-hydrogen) atoms. The zero-order valence-corrected chi connectivity index (χ0v) is 10.5. The second kappa shape index (κ2) is 5.50. The molecule has 0 bridgehead atoms. The maximum absolute atomic E-state index is 12.1. The lowest BCUT2D eigenvalue weighted by Gasteiger charge is -2.34. The molecule has 1 aliphatic carbocycles. The lowest BCUT2D eigenvalue weighted by molar-refractivity contribution is 0.0265. The molecule has 0 unspecified atom stereocenters. The van der Waals surface area contributed by atoms with Crippen LogP contribution in [-0.4, -0.2) is 40.7 Å². The summed E-state index contributed by atoms with van der Waals surface area (Å²) in [5.41, 5.74) is 1.44. The Morgan fingerprint density at radius 3 is 2.44 bits per heavy atom. The molecule has 2 rings (SSSR count). The lowest BCUT2D eigenvalue weighted by atomic mass is 9.82. The SMILES string of the molecule is CN(CC1CC(O)C1)C(=O)c1ccc(CO)cc1. The predicted octanol–water partition coefficient (Wildman–Crippen LogP) is 1.02. The van der Waals surface area contributed by atoms with Gasteiger partial charge >= 0.3 is 0 Å². The fourth-order valence-corrected chi connectivity index (χ4v) is 2.29. The van der Waals surface area contributed by atoms with Gasteiger partial charge in [-0.2, -0.15) is 0 Å². The third kappa shape index (κ3) is 2.89. The molecule has 1 aromatic carbocycles. The molecule has 1 aliphatic rings. The monoisotopic (exact) mass is 249 g/mol. The normalized spacial score (nSPS) is 22.4. The highest BCUT2D eigenvalue weighted by molar-refractivity contribution is 5.94. The predicted molar refractivity (Wildman–Crippen MR) is 68.1 cm³/mol.